The molecule has 0 saturated carbocycles. The lowest BCUT2D eigenvalue weighted by atomic mass is 10.0. The van der Waals surface area contributed by atoms with Crippen LogP contribution in [-0.4, -0.2) is 25.6 Å². The van der Waals surface area contributed by atoms with E-state index in [2.05, 4.69) is 28.2 Å². The third kappa shape index (κ3) is 4.84. The average molecular weight is 329 g/mol. The maximum atomic E-state index is 11.3. The molecule has 0 aliphatic rings. The van der Waals surface area contributed by atoms with Crippen LogP contribution in [0.3, 0.4) is 0 Å². The number of ether oxygens (including phenoxy) is 1. The fraction of sp³-hybridized carbons (Fsp3) is 0.500. The molecule has 0 aliphatic heterocycles. The summed E-state index contributed by atoms with van der Waals surface area (Å²) < 4.78 is 6.63. The van der Waals surface area contributed by atoms with Crippen molar-refractivity contribution in [2.24, 2.45) is 5.73 Å². The van der Waals surface area contributed by atoms with Crippen molar-refractivity contribution in [3.8, 4) is 5.75 Å². The summed E-state index contributed by atoms with van der Waals surface area (Å²) >= 11 is 3.48. The van der Waals surface area contributed by atoms with Gasteiger partial charge in [0, 0.05) is 17.6 Å². The Morgan fingerprint density at radius 3 is 2.79 bits per heavy atom. The molecule has 1 aromatic carbocycles. The number of carbonyl (C=O) groups is 1. The van der Waals surface area contributed by atoms with E-state index in [1.807, 2.05) is 19.1 Å². The summed E-state index contributed by atoms with van der Waals surface area (Å²) in [5.74, 6) is 0.615. The zero-order valence-electron chi connectivity index (χ0n) is 11.6. The normalized spacial score (nSPS) is 12.1. The number of aryl methyl sites for hydroxylation is 1. The number of halogens is 1. The van der Waals surface area contributed by atoms with Crippen molar-refractivity contribution in [1.82, 2.24) is 5.32 Å². The average Bonchev–Trinajstić information content (AvgIpc) is 2.36. The topological polar surface area (TPSA) is 64.3 Å². The van der Waals surface area contributed by atoms with Crippen molar-refractivity contribution in [3.63, 3.8) is 0 Å². The molecule has 1 unspecified atom stereocenters. The van der Waals surface area contributed by atoms with Gasteiger partial charge < -0.3 is 15.8 Å². The fourth-order valence-electron chi connectivity index (χ4n) is 1.79. The Labute approximate surface area is 122 Å². The Morgan fingerprint density at radius 2 is 2.21 bits per heavy atom. The van der Waals surface area contributed by atoms with Crippen molar-refractivity contribution in [2.45, 2.75) is 32.7 Å². The summed E-state index contributed by atoms with van der Waals surface area (Å²) in [7, 11) is 1.59. The third-order valence-corrected chi connectivity index (χ3v) is 3.41. The van der Waals surface area contributed by atoms with Crippen LogP contribution >= 0.6 is 15.9 Å². The van der Waals surface area contributed by atoms with Crippen LogP contribution in [-0.2, 0) is 11.2 Å². The highest BCUT2D eigenvalue weighted by atomic mass is 79.9. The Morgan fingerprint density at radius 1 is 1.53 bits per heavy atom. The first-order valence-corrected chi connectivity index (χ1v) is 7.15. The van der Waals surface area contributed by atoms with Crippen LogP contribution in [0, 0.1) is 6.92 Å². The van der Waals surface area contributed by atoms with Gasteiger partial charge in [-0.1, -0.05) is 22.9 Å². The summed E-state index contributed by atoms with van der Waals surface area (Å²) in [5, 5.41) is 2.54. The second kappa shape index (κ2) is 7.50. The van der Waals surface area contributed by atoms with Gasteiger partial charge in [0.2, 0.25) is 0 Å². The molecule has 0 heterocycles. The Kier molecular flexibility index (Phi) is 6.31. The van der Waals surface area contributed by atoms with Gasteiger partial charge >= 0.3 is 0 Å². The molecule has 4 nitrogen and oxygen atoms in total. The molecule has 3 N–H and O–H groups in total. The number of nitrogens with one attached hydrogen (secondary N) is 1. The van der Waals surface area contributed by atoms with Gasteiger partial charge in [-0.2, -0.15) is 0 Å². The van der Waals surface area contributed by atoms with Crippen LogP contribution in [0.15, 0.2) is 16.6 Å². The summed E-state index contributed by atoms with van der Waals surface area (Å²) in [5.41, 5.74) is 8.04. The molecule has 1 rings (SSSR count). The van der Waals surface area contributed by atoms with E-state index in [0.717, 1.165) is 34.2 Å². The molecule has 0 bridgehead atoms. The van der Waals surface area contributed by atoms with E-state index in [0.29, 0.717) is 0 Å². The molecule has 1 aromatic rings. The Bertz CT molecular complexity index is 449. The summed E-state index contributed by atoms with van der Waals surface area (Å²) in [6.07, 6.45) is 1.64. The van der Waals surface area contributed by atoms with Crippen LogP contribution in [0.5, 0.6) is 5.75 Å². The molecule has 1 atom stereocenters. The zero-order chi connectivity index (χ0) is 14.4. The minimum Gasteiger partial charge on any atom is -0.483 e. The van der Waals surface area contributed by atoms with Crippen molar-refractivity contribution in [2.75, 3.05) is 13.7 Å². The van der Waals surface area contributed by atoms with E-state index in [1.54, 1.807) is 7.05 Å². The number of rotatable bonds is 6. The van der Waals surface area contributed by atoms with E-state index < -0.39 is 0 Å². The molecule has 19 heavy (non-hydrogen) atoms. The lowest BCUT2D eigenvalue weighted by Crippen LogP contribution is -2.26. The predicted octanol–water partition coefficient (Wildman–Crippen LogP) is 2.16. The van der Waals surface area contributed by atoms with Crippen LogP contribution in [0.25, 0.3) is 0 Å². The SMILES string of the molecule is CCC(N)Cc1cc(Br)cc(C)c1OCC(=O)NC. The summed E-state index contributed by atoms with van der Waals surface area (Å²) in [4.78, 5) is 11.3. The summed E-state index contributed by atoms with van der Waals surface area (Å²) in [6.45, 7) is 4.04. The van der Waals surface area contributed by atoms with E-state index in [9.17, 15) is 4.79 Å². The minimum atomic E-state index is -0.145. The predicted molar refractivity (Wildman–Crippen MR) is 80.4 cm³/mol. The molecule has 0 fully saturated rings. The van der Waals surface area contributed by atoms with Gasteiger partial charge in [0.1, 0.15) is 5.75 Å². The third-order valence-electron chi connectivity index (χ3n) is 2.95. The van der Waals surface area contributed by atoms with Gasteiger partial charge in [0.15, 0.2) is 6.61 Å². The van der Waals surface area contributed by atoms with Gasteiger partial charge in [-0.15, -0.1) is 0 Å². The number of carbonyl (C=O) groups excluding carboxylic acids is 1. The highest BCUT2D eigenvalue weighted by Gasteiger charge is 2.13. The first-order chi connectivity index (χ1) is 8.97. The highest BCUT2D eigenvalue weighted by molar-refractivity contribution is 9.10. The largest absolute Gasteiger partial charge is 0.483 e. The molecule has 1 amide bonds. The number of nitrogens with two attached hydrogens (primary N) is 1. The monoisotopic (exact) mass is 328 g/mol. The smallest absolute Gasteiger partial charge is 0.257 e. The van der Waals surface area contributed by atoms with Gasteiger partial charge in [0.25, 0.3) is 5.91 Å². The molecule has 0 saturated heterocycles. The maximum absolute atomic E-state index is 11.3. The number of likely N-dealkylation sites (N-methyl/N-ethyl adjacent to an activating group) is 1. The molecular formula is C14H21BrN2O2. The van der Waals surface area contributed by atoms with E-state index >= 15 is 0 Å². The molecule has 0 radical (unpaired) electrons. The van der Waals surface area contributed by atoms with Crippen molar-refractivity contribution in [3.05, 3.63) is 27.7 Å². The molecule has 106 valence electrons. The van der Waals surface area contributed by atoms with Crippen LogP contribution in [0.4, 0.5) is 0 Å². The maximum Gasteiger partial charge on any atom is 0.257 e. The lowest BCUT2D eigenvalue weighted by molar-refractivity contribution is -0.122. The second-order valence-electron chi connectivity index (χ2n) is 4.55. The molecular weight excluding hydrogens is 308 g/mol. The highest BCUT2D eigenvalue weighted by Crippen LogP contribution is 2.29. The Hall–Kier alpha value is -1.07. The first-order valence-electron chi connectivity index (χ1n) is 6.35. The van der Waals surface area contributed by atoms with Gasteiger partial charge in [0.05, 0.1) is 0 Å². The van der Waals surface area contributed by atoms with Gasteiger partial charge in [-0.05, 0) is 43.0 Å². The van der Waals surface area contributed by atoms with E-state index in [-0.39, 0.29) is 18.6 Å². The van der Waals surface area contributed by atoms with Crippen molar-refractivity contribution in [1.29, 1.82) is 0 Å². The molecule has 0 aliphatic carbocycles. The zero-order valence-corrected chi connectivity index (χ0v) is 13.2. The molecule has 0 spiro atoms. The number of benzene rings is 1. The van der Waals surface area contributed by atoms with Crippen LogP contribution in [0.2, 0.25) is 0 Å². The van der Waals surface area contributed by atoms with E-state index in [1.165, 1.54) is 0 Å². The van der Waals surface area contributed by atoms with Gasteiger partial charge in [-0.3, -0.25) is 4.79 Å². The minimum absolute atomic E-state index is 0.0212. The quantitative estimate of drug-likeness (QED) is 0.841. The summed E-state index contributed by atoms with van der Waals surface area (Å²) in [6, 6.07) is 4.07. The van der Waals surface area contributed by atoms with Crippen LogP contribution < -0.4 is 15.8 Å². The van der Waals surface area contributed by atoms with Crippen LogP contribution in [0.1, 0.15) is 24.5 Å². The Balaban J connectivity index is 2.95. The van der Waals surface area contributed by atoms with Crippen molar-refractivity contribution < 1.29 is 9.53 Å². The molecule has 5 heteroatoms. The lowest BCUT2D eigenvalue weighted by Gasteiger charge is -2.17. The fourth-order valence-corrected chi connectivity index (χ4v) is 2.41. The standard InChI is InChI=1S/C14H21BrN2O2/c1-4-12(16)7-10-6-11(15)5-9(2)14(10)19-8-13(18)17-3/h5-6,12H,4,7-8,16H2,1-3H3,(H,17,18). The second-order valence-corrected chi connectivity index (χ2v) is 5.46. The number of hydrogen-bond donors (Lipinski definition) is 2. The number of amides is 1. The van der Waals surface area contributed by atoms with E-state index in [4.69, 9.17) is 10.5 Å². The van der Waals surface area contributed by atoms with Crippen molar-refractivity contribution >= 4 is 21.8 Å². The molecule has 0 aromatic heterocycles. The number of hydrogen-bond acceptors (Lipinski definition) is 3. The van der Waals surface area contributed by atoms with Gasteiger partial charge in [-0.25, -0.2) is 0 Å². The first kappa shape index (κ1) is 16.0.